The SMILES string of the molecule is CCCC1(C)CCC2(CC1)OC(=O)C(=C/C=C/C=C/C1=C(O)OC3(CCC4(CC3)OC(=O)C(=C/C=C/C=C/C3=C(O)OC5(CCC(C)(CCC)CC5)OC3=O)C(=O)O4)OC1=O)C(=O)O2. The van der Waals surface area contributed by atoms with E-state index in [2.05, 4.69) is 27.7 Å². The van der Waals surface area contributed by atoms with Crippen LogP contribution < -0.4 is 0 Å². The Morgan fingerprint density at radius 2 is 0.688 bits per heavy atom. The van der Waals surface area contributed by atoms with Gasteiger partial charge in [-0.2, -0.15) is 0 Å². The molecular formula is C48H56O16. The Bertz CT molecular complexity index is 2140. The molecule has 0 aromatic heterocycles. The monoisotopic (exact) mass is 888 g/mol. The van der Waals surface area contributed by atoms with Gasteiger partial charge in [0.25, 0.3) is 35.0 Å². The highest BCUT2D eigenvalue weighted by molar-refractivity contribution is 6.16. The summed E-state index contributed by atoms with van der Waals surface area (Å²) in [7, 11) is 0. The van der Waals surface area contributed by atoms with Crippen LogP contribution in [-0.4, -0.2) is 69.2 Å². The molecular weight excluding hydrogens is 833 g/mol. The van der Waals surface area contributed by atoms with Gasteiger partial charge in [0.05, 0.1) is 0 Å². The quantitative estimate of drug-likeness (QED) is 0.0697. The molecule has 16 heteroatoms. The molecule has 4 heterocycles. The fourth-order valence-corrected chi connectivity index (χ4v) is 9.52. The van der Waals surface area contributed by atoms with Crippen LogP contribution in [0.5, 0.6) is 0 Å². The van der Waals surface area contributed by atoms with E-state index in [0.29, 0.717) is 25.7 Å². The zero-order valence-electron chi connectivity index (χ0n) is 36.7. The van der Waals surface area contributed by atoms with Gasteiger partial charge in [0.15, 0.2) is 0 Å². The van der Waals surface area contributed by atoms with Crippen molar-refractivity contribution in [3.05, 3.63) is 94.9 Å². The maximum Gasteiger partial charge on any atom is 0.348 e. The average molecular weight is 889 g/mol. The number of carbonyl (C=O) groups is 6. The maximum atomic E-state index is 13.0. The van der Waals surface area contributed by atoms with E-state index in [1.165, 1.54) is 60.8 Å². The fourth-order valence-electron chi connectivity index (χ4n) is 9.52. The van der Waals surface area contributed by atoms with Gasteiger partial charge in [0, 0.05) is 51.4 Å². The van der Waals surface area contributed by atoms with Gasteiger partial charge < -0.3 is 48.1 Å². The summed E-state index contributed by atoms with van der Waals surface area (Å²) < 4.78 is 45.0. The van der Waals surface area contributed by atoms with Gasteiger partial charge >= 0.3 is 35.8 Å². The number of carbonyl (C=O) groups excluding carboxylic acids is 6. The highest BCUT2D eigenvalue weighted by Gasteiger charge is 2.56. The lowest BCUT2D eigenvalue weighted by atomic mass is 9.70. The molecule has 0 unspecified atom stereocenters. The van der Waals surface area contributed by atoms with Crippen molar-refractivity contribution in [2.24, 2.45) is 10.8 Å². The molecule has 3 saturated carbocycles. The van der Waals surface area contributed by atoms with Crippen LogP contribution in [0.4, 0.5) is 0 Å². The predicted molar refractivity (Wildman–Crippen MR) is 223 cm³/mol. The number of hydrogen-bond donors (Lipinski definition) is 2. The van der Waals surface area contributed by atoms with E-state index in [-0.39, 0.29) is 53.2 Å². The summed E-state index contributed by atoms with van der Waals surface area (Å²) in [6.45, 7) is 8.66. The zero-order valence-corrected chi connectivity index (χ0v) is 36.7. The molecule has 64 heavy (non-hydrogen) atoms. The van der Waals surface area contributed by atoms with Crippen LogP contribution in [-0.2, 0) is 66.7 Å². The predicted octanol–water partition coefficient (Wildman–Crippen LogP) is 8.07. The number of ether oxygens (including phenoxy) is 8. The van der Waals surface area contributed by atoms with Gasteiger partial charge in [-0.15, -0.1) is 0 Å². The molecule has 0 atom stereocenters. The molecule has 16 nitrogen and oxygen atoms in total. The van der Waals surface area contributed by atoms with Crippen LogP contribution in [0, 0.1) is 10.8 Å². The zero-order chi connectivity index (χ0) is 46.0. The van der Waals surface area contributed by atoms with Gasteiger partial charge in [-0.05, 0) is 73.7 Å². The van der Waals surface area contributed by atoms with E-state index in [1.807, 2.05) is 0 Å². The van der Waals surface area contributed by atoms with Crippen molar-refractivity contribution in [2.45, 2.75) is 154 Å². The number of aliphatic hydroxyl groups is 2. The highest BCUT2D eigenvalue weighted by atomic mass is 16.8. The molecule has 4 spiro atoms. The van der Waals surface area contributed by atoms with Gasteiger partial charge in [0.1, 0.15) is 22.3 Å². The van der Waals surface area contributed by atoms with Gasteiger partial charge in [-0.25, -0.2) is 28.8 Å². The third-order valence-electron chi connectivity index (χ3n) is 13.4. The van der Waals surface area contributed by atoms with Crippen LogP contribution in [0.1, 0.15) is 130 Å². The van der Waals surface area contributed by atoms with E-state index < -0.39 is 76.4 Å². The standard InChI is InChI=1S/C48H56O16/c1-5-17-43(3)19-23-45(24-20-43)57-35(49)31(36(50)58-45)13-9-7-11-15-33-39(53)61-47(62-40(33)54)27-29-48(30-28-47)63-41(55)34(42(56)64-48)16-12-8-10-14-32-37(51)59-46(60-38(32)52)25-21-44(4,18-6-2)22-26-46/h7-16,49,55H,5-6,17-30H2,1-4H3/b10-8+,11-7+,13-9+,16-12+,32-14?,33-15?. The molecule has 0 amide bonds. The molecule has 0 aromatic rings. The number of allylic oxidation sites excluding steroid dienone is 8. The third kappa shape index (κ3) is 9.70. The average Bonchev–Trinajstić information content (AvgIpc) is 3.22. The highest BCUT2D eigenvalue weighted by Crippen LogP contribution is 2.50. The van der Waals surface area contributed by atoms with Crippen molar-refractivity contribution in [1.29, 1.82) is 0 Å². The largest absolute Gasteiger partial charge is 0.480 e. The van der Waals surface area contributed by atoms with Gasteiger partial charge in [0.2, 0.25) is 0 Å². The van der Waals surface area contributed by atoms with Gasteiger partial charge in [-0.3, -0.25) is 0 Å². The van der Waals surface area contributed by atoms with Crippen molar-refractivity contribution >= 4 is 35.8 Å². The molecule has 344 valence electrons. The minimum atomic E-state index is -1.66. The lowest BCUT2D eigenvalue weighted by Gasteiger charge is -2.46. The van der Waals surface area contributed by atoms with Crippen LogP contribution in [0.2, 0.25) is 0 Å². The Kier molecular flexibility index (Phi) is 12.8. The lowest BCUT2D eigenvalue weighted by molar-refractivity contribution is -0.297. The van der Waals surface area contributed by atoms with E-state index >= 15 is 0 Å². The van der Waals surface area contributed by atoms with E-state index in [9.17, 15) is 39.0 Å². The Labute approximate surface area is 371 Å². The number of rotatable bonds is 10. The van der Waals surface area contributed by atoms with Crippen LogP contribution in [0.25, 0.3) is 0 Å². The van der Waals surface area contributed by atoms with Crippen molar-refractivity contribution in [3.8, 4) is 0 Å². The molecule has 0 aromatic carbocycles. The fraction of sp³-hybridized carbons (Fsp3) is 0.542. The molecule has 7 aliphatic rings. The van der Waals surface area contributed by atoms with E-state index in [4.69, 9.17) is 37.9 Å². The summed E-state index contributed by atoms with van der Waals surface area (Å²) in [6, 6.07) is 0. The van der Waals surface area contributed by atoms with Crippen LogP contribution in [0.15, 0.2) is 94.9 Å². The molecule has 0 radical (unpaired) electrons. The summed E-state index contributed by atoms with van der Waals surface area (Å²) in [5.41, 5.74) is -0.892. The second-order valence-electron chi connectivity index (χ2n) is 18.4. The Balaban J connectivity index is 0.885. The molecule has 2 saturated heterocycles. The third-order valence-corrected chi connectivity index (χ3v) is 13.4. The second kappa shape index (κ2) is 17.8. The van der Waals surface area contributed by atoms with Crippen molar-refractivity contribution in [2.75, 3.05) is 0 Å². The first kappa shape index (κ1) is 45.9. The normalized spacial score (nSPS) is 34.7. The number of esters is 6. The number of hydrogen-bond acceptors (Lipinski definition) is 16. The lowest BCUT2D eigenvalue weighted by Crippen LogP contribution is -2.54. The summed E-state index contributed by atoms with van der Waals surface area (Å²) in [6.07, 6.45) is 22.0. The van der Waals surface area contributed by atoms with E-state index in [1.54, 1.807) is 0 Å². The first-order valence-electron chi connectivity index (χ1n) is 22.1. The summed E-state index contributed by atoms with van der Waals surface area (Å²) in [4.78, 5) is 77.4. The number of aliphatic hydroxyl groups excluding tert-OH is 2. The van der Waals surface area contributed by atoms with E-state index in [0.717, 1.165) is 51.4 Å². The summed E-state index contributed by atoms with van der Waals surface area (Å²) >= 11 is 0. The minimum Gasteiger partial charge on any atom is -0.480 e. The molecule has 7 rings (SSSR count). The van der Waals surface area contributed by atoms with Crippen molar-refractivity contribution in [3.63, 3.8) is 0 Å². The first-order chi connectivity index (χ1) is 30.4. The second-order valence-corrected chi connectivity index (χ2v) is 18.4. The summed E-state index contributed by atoms with van der Waals surface area (Å²) in [5, 5.41) is 21.3. The molecule has 3 aliphatic carbocycles. The first-order valence-corrected chi connectivity index (χ1v) is 22.1. The minimum absolute atomic E-state index is 0.0999. The molecule has 5 fully saturated rings. The van der Waals surface area contributed by atoms with Crippen molar-refractivity contribution < 1.29 is 76.9 Å². The van der Waals surface area contributed by atoms with Crippen LogP contribution in [0.3, 0.4) is 0 Å². The Morgan fingerprint density at radius 3 is 0.984 bits per heavy atom. The van der Waals surface area contributed by atoms with Crippen molar-refractivity contribution in [1.82, 2.24) is 0 Å². The topological polar surface area (TPSA) is 217 Å². The molecule has 2 N–H and O–H groups in total. The summed E-state index contributed by atoms with van der Waals surface area (Å²) in [5.74, 6) is -12.0. The smallest absolute Gasteiger partial charge is 0.348 e. The molecule has 4 aliphatic heterocycles. The van der Waals surface area contributed by atoms with Gasteiger partial charge in [-0.1, -0.05) is 77.0 Å². The molecule has 0 bridgehead atoms. The Hall–Kier alpha value is -6.06. The Morgan fingerprint density at radius 1 is 0.406 bits per heavy atom. The maximum absolute atomic E-state index is 13.0. The van der Waals surface area contributed by atoms with Crippen LogP contribution >= 0.6 is 0 Å².